The summed E-state index contributed by atoms with van der Waals surface area (Å²) in [7, 11) is -7.08. The molecule has 2 aromatic carbocycles. The molecule has 0 spiro atoms. The van der Waals surface area contributed by atoms with Gasteiger partial charge in [-0.15, -0.1) is 0 Å². The maximum Gasteiger partial charge on any atom is 0.243 e. The smallest absolute Gasteiger partial charge is 0.243 e. The maximum absolute atomic E-state index is 13.2. The summed E-state index contributed by atoms with van der Waals surface area (Å²) >= 11 is 6.14. The molecule has 0 amide bonds. The van der Waals surface area contributed by atoms with Crippen molar-refractivity contribution in [3.05, 3.63) is 63.7 Å². The summed E-state index contributed by atoms with van der Waals surface area (Å²) in [5.41, 5.74) is 2.98. The molecule has 2 saturated heterocycles. The molecular formula is C26H33ClN4O4S2. The molecule has 0 N–H and O–H groups in total. The molecule has 2 aliphatic heterocycles. The minimum atomic E-state index is -3.66. The lowest BCUT2D eigenvalue weighted by Crippen LogP contribution is -2.48. The number of hydrogen-bond donors (Lipinski definition) is 0. The molecule has 1 unspecified atom stereocenters. The number of hydrogen-bond acceptors (Lipinski definition) is 6. The number of benzene rings is 2. The van der Waals surface area contributed by atoms with Gasteiger partial charge in [0.05, 0.1) is 22.3 Å². The quantitative estimate of drug-likeness (QED) is 0.487. The third kappa shape index (κ3) is 6.53. The highest BCUT2D eigenvalue weighted by molar-refractivity contribution is 7.89. The molecule has 0 aliphatic carbocycles. The van der Waals surface area contributed by atoms with Crippen molar-refractivity contribution < 1.29 is 16.8 Å². The summed E-state index contributed by atoms with van der Waals surface area (Å²) in [5.74, 6) is 0.0291. The van der Waals surface area contributed by atoms with Crippen LogP contribution in [-0.4, -0.2) is 75.4 Å². The molecule has 2 heterocycles. The monoisotopic (exact) mass is 564 g/mol. The van der Waals surface area contributed by atoms with Crippen LogP contribution < -0.4 is 0 Å². The highest BCUT2D eigenvalue weighted by Crippen LogP contribution is 2.31. The van der Waals surface area contributed by atoms with Crippen molar-refractivity contribution >= 4 is 31.6 Å². The number of piperazine rings is 1. The number of sulfonamides is 2. The van der Waals surface area contributed by atoms with E-state index in [1.165, 1.54) is 4.31 Å². The molecule has 11 heteroatoms. The Kier molecular flexibility index (Phi) is 8.63. The molecule has 0 bridgehead atoms. The van der Waals surface area contributed by atoms with Gasteiger partial charge in [0.1, 0.15) is 0 Å². The number of rotatable bonds is 8. The van der Waals surface area contributed by atoms with Gasteiger partial charge in [-0.2, -0.15) is 13.9 Å². The summed E-state index contributed by atoms with van der Waals surface area (Å²) in [4.78, 5) is 2.46. The Morgan fingerprint density at radius 1 is 0.973 bits per heavy atom. The van der Waals surface area contributed by atoms with E-state index in [9.17, 15) is 16.8 Å². The first-order chi connectivity index (χ1) is 17.5. The van der Waals surface area contributed by atoms with Crippen LogP contribution in [0.1, 0.15) is 35.1 Å². The van der Waals surface area contributed by atoms with Crippen LogP contribution in [0, 0.1) is 31.1 Å². The van der Waals surface area contributed by atoms with Crippen LogP contribution in [0.5, 0.6) is 0 Å². The normalized spacial score (nSPS) is 20.2. The van der Waals surface area contributed by atoms with Crippen LogP contribution in [0.3, 0.4) is 0 Å². The third-order valence-corrected chi connectivity index (χ3v) is 11.6. The molecule has 2 aliphatic rings. The Bertz CT molecular complexity index is 1400. The average Bonchev–Trinajstić information content (AvgIpc) is 3.36. The van der Waals surface area contributed by atoms with E-state index < -0.39 is 20.0 Å². The molecule has 2 fully saturated rings. The van der Waals surface area contributed by atoms with Gasteiger partial charge in [0, 0.05) is 50.8 Å². The average molecular weight is 565 g/mol. The minimum absolute atomic E-state index is 0.00644. The summed E-state index contributed by atoms with van der Waals surface area (Å²) in [6, 6.07) is 12.9. The molecule has 4 rings (SSSR count). The van der Waals surface area contributed by atoms with Gasteiger partial charge in [0.2, 0.25) is 20.0 Å². The maximum atomic E-state index is 13.2. The van der Waals surface area contributed by atoms with E-state index in [1.54, 1.807) is 36.4 Å². The van der Waals surface area contributed by atoms with Gasteiger partial charge in [-0.3, -0.25) is 4.90 Å². The minimum Gasteiger partial charge on any atom is -0.296 e. The topological polar surface area (TPSA) is 102 Å². The van der Waals surface area contributed by atoms with Crippen molar-refractivity contribution in [2.45, 2.75) is 38.1 Å². The van der Waals surface area contributed by atoms with Gasteiger partial charge in [0.25, 0.3) is 0 Å². The molecule has 2 aromatic rings. The second-order valence-electron chi connectivity index (χ2n) is 9.98. The summed E-state index contributed by atoms with van der Waals surface area (Å²) in [5, 5.41) is 9.62. The van der Waals surface area contributed by atoms with Crippen LogP contribution in [-0.2, 0) is 26.6 Å². The Labute approximate surface area is 225 Å². The van der Waals surface area contributed by atoms with E-state index in [0.29, 0.717) is 80.4 Å². The van der Waals surface area contributed by atoms with E-state index in [2.05, 4.69) is 11.0 Å². The van der Waals surface area contributed by atoms with Crippen molar-refractivity contribution in [3.8, 4) is 6.07 Å². The van der Waals surface area contributed by atoms with Crippen molar-refractivity contribution in [1.82, 2.24) is 13.5 Å². The summed E-state index contributed by atoms with van der Waals surface area (Å²) in [6.07, 6.45) is 1.09. The molecule has 0 radical (unpaired) electrons. The fraction of sp³-hybridized carbons (Fsp3) is 0.500. The Hall–Kier alpha value is -2.00. The van der Waals surface area contributed by atoms with Gasteiger partial charge >= 0.3 is 0 Å². The van der Waals surface area contributed by atoms with Gasteiger partial charge in [0.15, 0.2) is 0 Å². The van der Waals surface area contributed by atoms with Crippen LogP contribution in [0.2, 0.25) is 5.02 Å². The van der Waals surface area contributed by atoms with Crippen LogP contribution in [0.4, 0.5) is 0 Å². The fourth-order valence-electron chi connectivity index (χ4n) is 5.03. The molecule has 200 valence electrons. The van der Waals surface area contributed by atoms with E-state index in [0.717, 1.165) is 5.56 Å². The van der Waals surface area contributed by atoms with Gasteiger partial charge in [-0.25, -0.2) is 16.8 Å². The lowest BCUT2D eigenvalue weighted by Gasteiger charge is -2.34. The van der Waals surface area contributed by atoms with E-state index in [1.807, 2.05) is 18.2 Å². The molecule has 1 atom stereocenters. The number of nitrogens with zero attached hydrogens (tertiary/aromatic N) is 4. The third-order valence-electron chi connectivity index (χ3n) is 7.29. The Morgan fingerprint density at radius 2 is 1.70 bits per heavy atom. The van der Waals surface area contributed by atoms with Crippen molar-refractivity contribution in [2.75, 3.05) is 45.0 Å². The Morgan fingerprint density at radius 3 is 2.41 bits per heavy atom. The summed E-state index contributed by atoms with van der Waals surface area (Å²) in [6.45, 7) is 7.04. The largest absolute Gasteiger partial charge is 0.296 e. The predicted octanol–water partition coefficient (Wildman–Crippen LogP) is 3.38. The zero-order chi connectivity index (χ0) is 26.8. The highest BCUT2D eigenvalue weighted by atomic mass is 35.5. The van der Waals surface area contributed by atoms with Crippen LogP contribution in [0.25, 0.3) is 0 Å². The zero-order valence-corrected chi connectivity index (χ0v) is 23.6. The summed E-state index contributed by atoms with van der Waals surface area (Å²) < 4.78 is 55.6. The first-order valence-electron chi connectivity index (χ1n) is 12.5. The predicted molar refractivity (Wildman–Crippen MR) is 144 cm³/mol. The molecule has 8 nitrogen and oxygen atoms in total. The van der Waals surface area contributed by atoms with Crippen LogP contribution in [0.15, 0.2) is 41.3 Å². The first-order valence-corrected chi connectivity index (χ1v) is 15.9. The molecular weight excluding hydrogens is 532 g/mol. The zero-order valence-electron chi connectivity index (χ0n) is 21.2. The van der Waals surface area contributed by atoms with Gasteiger partial charge < -0.3 is 0 Å². The number of halogens is 1. The van der Waals surface area contributed by atoms with Gasteiger partial charge in [-0.05, 0) is 73.6 Å². The van der Waals surface area contributed by atoms with Crippen molar-refractivity contribution in [3.63, 3.8) is 0 Å². The van der Waals surface area contributed by atoms with E-state index in [-0.39, 0.29) is 16.6 Å². The molecule has 0 saturated carbocycles. The number of aryl methyl sites for hydroxylation is 2. The lowest BCUT2D eigenvalue weighted by molar-refractivity contribution is 0.181. The van der Waals surface area contributed by atoms with Gasteiger partial charge in [-0.1, -0.05) is 23.7 Å². The fourth-order valence-corrected chi connectivity index (χ4v) is 8.68. The number of nitriles is 1. The lowest BCUT2D eigenvalue weighted by atomic mass is 10.1. The molecule has 37 heavy (non-hydrogen) atoms. The van der Waals surface area contributed by atoms with Crippen LogP contribution >= 0.6 is 11.6 Å². The second kappa shape index (κ2) is 11.4. The van der Waals surface area contributed by atoms with Crippen molar-refractivity contribution in [2.24, 2.45) is 5.92 Å². The standard InChI is InChI=1S/C26H33ClN4O4S2/c1-20-15-26(21(2)14-25(20)27)37(34,35)31-8-6-22(19-31)7-13-36(32,33)30-11-9-29(10-12-30)18-24-5-3-4-23(16-24)17-28/h3-5,14-16,22H,6-13,18-19H2,1-2H3. The molecule has 0 aromatic heterocycles. The second-order valence-corrected chi connectivity index (χ2v) is 14.4. The van der Waals surface area contributed by atoms with E-state index >= 15 is 0 Å². The highest BCUT2D eigenvalue weighted by Gasteiger charge is 2.35. The first kappa shape index (κ1) is 28.0. The van der Waals surface area contributed by atoms with Crippen molar-refractivity contribution in [1.29, 1.82) is 5.26 Å². The Balaban J connectivity index is 1.28. The van der Waals surface area contributed by atoms with E-state index in [4.69, 9.17) is 16.9 Å². The SMILES string of the molecule is Cc1cc(S(=O)(=O)N2CCC(CCS(=O)(=O)N3CCN(Cc4cccc(C#N)c4)CC3)C2)c(C)cc1Cl.